The first-order valence-corrected chi connectivity index (χ1v) is 8.71. The van der Waals surface area contributed by atoms with E-state index in [4.69, 9.17) is 4.98 Å². The minimum absolute atomic E-state index is 0.847. The Hall–Kier alpha value is -2.93. The monoisotopic (exact) mass is 323 g/mol. The Morgan fingerprint density at radius 2 is 1.52 bits per heavy atom. The van der Waals surface area contributed by atoms with Crippen LogP contribution in [0.2, 0.25) is 0 Å². The predicted octanol–water partition coefficient (Wildman–Crippen LogP) is 6.11. The summed E-state index contributed by atoms with van der Waals surface area (Å²) in [4.78, 5) is 5.06. The van der Waals surface area contributed by atoms with Gasteiger partial charge in [-0.3, -0.25) is 4.98 Å². The topological polar surface area (TPSA) is 12.9 Å². The molecule has 1 heteroatoms. The maximum atomic E-state index is 5.06. The Morgan fingerprint density at radius 1 is 0.760 bits per heavy atom. The van der Waals surface area contributed by atoms with Crippen molar-refractivity contribution in [2.45, 2.75) is 20.3 Å². The summed E-state index contributed by atoms with van der Waals surface area (Å²) in [6, 6.07) is 27.9. The number of fused-ring (bicyclic) bond motifs is 1. The van der Waals surface area contributed by atoms with Crippen LogP contribution < -0.4 is 0 Å². The number of nitrogens with zero attached hydrogens (tertiary/aromatic N) is 1. The molecule has 0 saturated heterocycles. The summed E-state index contributed by atoms with van der Waals surface area (Å²) in [5.41, 5.74) is 7.23. The zero-order chi connectivity index (χ0) is 17.2. The highest BCUT2D eigenvalue weighted by molar-refractivity contribution is 5.89. The van der Waals surface area contributed by atoms with E-state index in [1.807, 2.05) is 0 Å². The van der Waals surface area contributed by atoms with E-state index in [9.17, 15) is 0 Å². The van der Waals surface area contributed by atoms with E-state index in [0.29, 0.717) is 0 Å². The molecule has 25 heavy (non-hydrogen) atoms. The number of aryl methyl sites for hydroxylation is 2. The summed E-state index contributed by atoms with van der Waals surface area (Å²) in [5.74, 6) is 0. The second-order valence-corrected chi connectivity index (χ2v) is 6.66. The molecule has 4 rings (SSSR count). The second kappa shape index (κ2) is 6.52. The van der Waals surface area contributed by atoms with Gasteiger partial charge in [0.15, 0.2) is 0 Å². The van der Waals surface area contributed by atoms with Crippen molar-refractivity contribution in [1.29, 1.82) is 0 Å². The molecule has 0 aliphatic carbocycles. The Kier molecular flexibility index (Phi) is 4.07. The fraction of sp³-hybridized carbons (Fsp3) is 0.125. The SMILES string of the molecule is Cc1ccc2c(Cc3ccccc3)nc(-c3ccccc3C)cc2c1. The van der Waals surface area contributed by atoms with Crippen LogP contribution in [0.1, 0.15) is 22.4 Å². The van der Waals surface area contributed by atoms with Gasteiger partial charge in [0.2, 0.25) is 0 Å². The molecule has 0 aliphatic rings. The van der Waals surface area contributed by atoms with Gasteiger partial charge >= 0.3 is 0 Å². The molecule has 0 saturated carbocycles. The Balaban J connectivity index is 1.92. The van der Waals surface area contributed by atoms with Crippen molar-refractivity contribution in [3.8, 4) is 11.3 Å². The summed E-state index contributed by atoms with van der Waals surface area (Å²) in [5, 5.41) is 2.51. The number of benzene rings is 3. The molecule has 0 aliphatic heterocycles. The molecule has 4 aromatic rings. The first kappa shape index (κ1) is 15.6. The Bertz CT molecular complexity index is 1030. The second-order valence-electron chi connectivity index (χ2n) is 6.66. The molecule has 122 valence electrons. The smallest absolute Gasteiger partial charge is 0.0714 e. The molecule has 1 aromatic heterocycles. The van der Waals surface area contributed by atoms with Crippen LogP contribution in [0.25, 0.3) is 22.0 Å². The van der Waals surface area contributed by atoms with E-state index in [-0.39, 0.29) is 0 Å². The number of rotatable bonds is 3. The highest BCUT2D eigenvalue weighted by Crippen LogP contribution is 2.28. The highest BCUT2D eigenvalue weighted by Gasteiger charge is 2.10. The van der Waals surface area contributed by atoms with Crippen molar-refractivity contribution in [2.24, 2.45) is 0 Å². The van der Waals surface area contributed by atoms with Crippen LogP contribution in [0.15, 0.2) is 78.9 Å². The van der Waals surface area contributed by atoms with Crippen molar-refractivity contribution in [3.05, 3.63) is 101 Å². The van der Waals surface area contributed by atoms with Gasteiger partial charge in [-0.2, -0.15) is 0 Å². The molecule has 0 fully saturated rings. The molecule has 1 nitrogen and oxygen atoms in total. The summed E-state index contributed by atoms with van der Waals surface area (Å²) in [6.45, 7) is 4.29. The number of hydrogen-bond donors (Lipinski definition) is 0. The fourth-order valence-corrected chi connectivity index (χ4v) is 3.37. The number of pyridine rings is 1. The van der Waals surface area contributed by atoms with Gasteiger partial charge in [0, 0.05) is 17.4 Å². The van der Waals surface area contributed by atoms with Crippen LogP contribution in [0.3, 0.4) is 0 Å². The summed E-state index contributed by atoms with van der Waals surface area (Å²) >= 11 is 0. The van der Waals surface area contributed by atoms with Gasteiger partial charge < -0.3 is 0 Å². The maximum absolute atomic E-state index is 5.06. The van der Waals surface area contributed by atoms with E-state index in [0.717, 1.165) is 17.8 Å². The molecule has 0 amide bonds. The van der Waals surface area contributed by atoms with Crippen molar-refractivity contribution in [2.75, 3.05) is 0 Å². The van der Waals surface area contributed by atoms with Crippen LogP contribution in [0, 0.1) is 13.8 Å². The number of aromatic nitrogens is 1. The molecular weight excluding hydrogens is 302 g/mol. The lowest BCUT2D eigenvalue weighted by molar-refractivity contribution is 1.10. The molecular formula is C24H21N. The van der Waals surface area contributed by atoms with Crippen molar-refractivity contribution in [3.63, 3.8) is 0 Å². The normalized spacial score (nSPS) is 11.0. The molecule has 0 unspecified atom stereocenters. The van der Waals surface area contributed by atoms with Gasteiger partial charge in [0.05, 0.1) is 11.4 Å². The first-order valence-electron chi connectivity index (χ1n) is 8.71. The molecule has 0 radical (unpaired) electrons. The Morgan fingerprint density at radius 3 is 2.32 bits per heavy atom. The lowest BCUT2D eigenvalue weighted by atomic mass is 9.98. The van der Waals surface area contributed by atoms with Crippen LogP contribution in [0.5, 0.6) is 0 Å². The molecule has 1 heterocycles. The third-order valence-corrected chi connectivity index (χ3v) is 4.70. The molecule has 0 spiro atoms. The number of hydrogen-bond acceptors (Lipinski definition) is 1. The van der Waals surface area contributed by atoms with Crippen LogP contribution in [-0.4, -0.2) is 4.98 Å². The van der Waals surface area contributed by atoms with E-state index in [1.165, 1.54) is 33.0 Å². The zero-order valence-electron chi connectivity index (χ0n) is 14.7. The van der Waals surface area contributed by atoms with E-state index in [2.05, 4.69) is 92.7 Å². The molecule has 0 N–H and O–H groups in total. The van der Waals surface area contributed by atoms with Crippen LogP contribution in [-0.2, 0) is 6.42 Å². The summed E-state index contributed by atoms with van der Waals surface area (Å²) < 4.78 is 0. The fourth-order valence-electron chi connectivity index (χ4n) is 3.37. The van der Waals surface area contributed by atoms with Crippen molar-refractivity contribution in [1.82, 2.24) is 4.98 Å². The molecule has 0 bridgehead atoms. The van der Waals surface area contributed by atoms with Crippen LogP contribution >= 0.6 is 0 Å². The quantitative estimate of drug-likeness (QED) is 0.443. The molecule has 3 aromatic carbocycles. The third-order valence-electron chi connectivity index (χ3n) is 4.70. The standard InChI is InChI=1S/C24H21N/c1-17-12-13-22-20(14-17)16-24(21-11-7-6-8-18(21)2)25-23(22)15-19-9-4-3-5-10-19/h3-14,16H,15H2,1-2H3. The van der Waals surface area contributed by atoms with E-state index in [1.54, 1.807) is 0 Å². The van der Waals surface area contributed by atoms with Gasteiger partial charge in [-0.25, -0.2) is 0 Å². The van der Waals surface area contributed by atoms with Gasteiger partial charge in [0.1, 0.15) is 0 Å². The highest BCUT2D eigenvalue weighted by atomic mass is 14.7. The van der Waals surface area contributed by atoms with E-state index >= 15 is 0 Å². The maximum Gasteiger partial charge on any atom is 0.0714 e. The van der Waals surface area contributed by atoms with Gasteiger partial charge in [-0.05, 0) is 36.4 Å². The van der Waals surface area contributed by atoms with Gasteiger partial charge in [0.25, 0.3) is 0 Å². The van der Waals surface area contributed by atoms with Gasteiger partial charge in [-0.1, -0.05) is 78.4 Å². The average Bonchev–Trinajstić information content (AvgIpc) is 2.62. The lowest BCUT2D eigenvalue weighted by Crippen LogP contribution is -1.97. The van der Waals surface area contributed by atoms with Crippen molar-refractivity contribution < 1.29 is 0 Å². The van der Waals surface area contributed by atoms with Crippen molar-refractivity contribution >= 4 is 10.8 Å². The Labute approximate surface area is 149 Å². The van der Waals surface area contributed by atoms with Gasteiger partial charge in [-0.15, -0.1) is 0 Å². The van der Waals surface area contributed by atoms with E-state index < -0.39 is 0 Å². The minimum atomic E-state index is 0.847. The third kappa shape index (κ3) is 3.18. The summed E-state index contributed by atoms with van der Waals surface area (Å²) in [6.07, 6.45) is 0.847. The molecule has 0 atom stereocenters. The summed E-state index contributed by atoms with van der Waals surface area (Å²) in [7, 11) is 0. The largest absolute Gasteiger partial charge is 0.252 e. The lowest BCUT2D eigenvalue weighted by Gasteiger charge is -2.12. The zero-order valence-corrected chi connectivity index (χ0v) is 14.7. The van der Waals surface area contributed by atoms with Crippen LogP contribution in [0.4, 0.5) is 0 Å². The average molecular weight is 323 g/mol. The predicted molar refractivity (Wildman–Crippen MR) is 106 cm³/mol. The first-order chi connectivity index (χ1) is 12.2. The minimum Gasteiger partial charge on any atom is -0.252 e.